The van der Waals surface area contributed by atoms with Gasteiger partial charge in [-0.1, -0.05) is 31.9 Å². The van der Waals surface area contributed by atoms with Gasteiger partial charge in [-0.05, 0) is 60.9 Å². The molecule has 0 fully saturated rings. The lowest BCUT2D eigenvalue weighted by Gasteiger charge is -2.45. The maximum Gasteiger partial charge on any atom is 0.311 e. The molecule has 4 unspecified atom stereocenters. The molecule has 208 valence electrons. The lowest BCUT2D eigenvalue weighted by atomic mass is 9.53. The van der Waals surface area contributed by atoms with Crippen LogP contribution in [0, 0.1) is 11.8 Å². The molecular weight excluding hydrogens is 652 g/mol. The van der Waals surface area contributed by atoms with Crippen LogP contribution in [0.1, 0.15) is 50.3 Å². The molecule has 0 aromatic heterocycles. The molecule has 4 atom stereocenters. The largest absolute Gasteiger partial charge is 0.466 e. The Kier molecular flexibility index (Phi) is 6.98. The summed E-state index contributed by atoms with van der Waals surface area (Å²) in [5, 5.41) is 0. The number of hydrogen-bond donors (Lipinski definition) is 0. The zero-order valence-corrected chi connectivity index (χ0v) is 25.1. The van der Waals surface area contributed by atoms with Gasteiger partial charge in [-0.3, -0.25) is 28.8 Å². The van der Waals surface area contributed by atoms with E-state index in [-0.39, 0.29) is 41.3 Å². The van der Waals surface area contributed by atoms with E-state index < -0.39 is 58.7 Å². The quantitative estimate of drug-likeness (QED) is 0.449. The van der Waals surface area contributed by atoms with Crippen LogP contribution in [0.5, 0.6) is 0 Å². The monoisotopic (exact) mass is 674 g/mol. The van der Waals surface area contributed by atoms with E-state index in [0.717, 1.165) is 9.80 Å². The maximum atomic E-state index is 14.7. The zero-order valence-electron chi connectivity index (χ0n) is 21.9. The number of halogens is 2. The predicted octanol–water partition coefficient (Wildman–Crippen LogP) is 3.74. The zero-order chi connectivity index (χ0) is 29.3. The number of hydrogen-bond acceptors (Lipinski definition) is 8. The molecular formula is C28H24Br2N2O8. The number of nitrogens with zero attached hydrogens (tertiary/aromatic N) is 2. The van der Waals surface area contributed by atoms with Crippen molar-refractivity contribution in [1.29, 1.82) is 0 Å². The number of imide groups is 2. The van der Waals surface area contributed by atoms with Crippen molar-refractivity contribution < 1.29 is 38.2 Å². The van der Waals surface area contributed by atoms with E-state index in [1.807, 2.05) is 0 Å². The van der Waals surface area contributed by atoms with Gasteiger partial charge >= 0.3 is 11.9 Å². The molecule has 2 aromatic rings. The van der Waals surface area contributed by atoms with Crippen molar-refractivity contribution in [2.45, 2.75) is 39.0 Å². The normalized spacial score (nSPS) is 24.2. The summed E-state index contributed by atoms with van der Waals surface area (Å²) >= 11 is 6.98. The molecule has 0 radical (unpaired) electrons. The fraction of sp³-hybridized carbons (Fsp3) is 0.357. The van der Waals surface area contributed by atoms with Crippen molar-refractivity contribution in [3.05, 3.63) is 56.0 Å². The smallest absolute Gasteiger partial charge is 0.311 e. The Morgan fingerprint density at radius 2 is 1.48 bits per heavy atom. The molecule has 0 saturated heterocycles. The van der Waals surface area contributed by atoms with Gasteiger partial charge in [-0.15, -0.1) is 0 Å². The summed E-state index contributed by atoms with van der Waals surface area (Å²) in [6.07, 6.45) is 0. The van der Waals surface area contributed by atoms with E-state index in [9.17, 15) is 28.8 Å². The summed E-state index contributed by atoms with van der Waals surface area (Å²) in [5.41, 5.74) is -0.814. The van der Waals surface area contributed by atoms with Crippen molar-refractivity contribution in [3.63, 3.8) is 0 Å². The molecule has 2 heterocycles. The van der Waals surface area contributed by atoms with Gasteiger partial charge in [0.05, 0.1) is 42.3 Å². The van der Waals surface area contributed by atoms with Crippen molar-refractivity contribution in [3.8, 4) is 0 Å². The van der Waals surface area contributed by atoms with E-state index in [0.29, 0.717) is 8.95 Å². The number of esters is 2. The van der Waals surface area contributed by atoms with Crippen LogP contribution in [0.2, 0.25) is 0 Å². The Balaban J connectivity index is 2.02. The highest BCUT2D eigenvalue weighted by Gasteiger charge is 2.71. The van der Waals surface area contributed by atoms with Gasteiger partial charge in [0.2, 0.25) is 23.6 Å². The summed E-state index contributed by atoms with van der Waals surface area (Å²) in [4.78, 5) is 84.0. The first-order valence-corrected chi connectivity index (χ1v) is 14.2. The standard InChI is InChI=1S/C28H24Br2N2O8/c1-5-39-25(36)21-20-19-18(31(12(3)33)24(20)35)10-8-16(30)22(19)28(23(21)26(37)40-6-2)15-11-14(29)7-9-17(15)32(13(4)34)27(28)38/h7-11,20-21,23H,5-6H2,1-4H3. The molecule has 3 aliphatic rings. The highest BCUT2D eigenvalue weighted by atomic mass is 79.9. The first kappa shape index (κ1) is 28.2. The van der Waals surface area contributed by atoms with Gasteiger partial charge in [0, 0.05) is 22.8 Å². The molecule has 5 rings (SSSR count). The van der Waals surface area contributed by atoms with E-state index >= 15 is 0 Å². The van der Waals surface area contributed by atoms with Crippen LogP contribution in [0.15, 0.2) is 39.3 Å². The lowest BCUT2D eigenvalue weighted by molar-refractivity contribution is -0.167. The first-order valence-electron chi connectivity index (χ1n) is 12.6. The van der Waals surface area contributed by atoms with Crippen LogP contribution in [0.3, 0.4) is 0 Å². The third-order valence-electron chi connectivity index (χ3n) is 7.68. The molecule has 2 aliphatic heterocycles. The summed E-state index contributed by atoms with van der Waals surface area (Å²) in [6.45, 7) is 5.45. The van der Waals surface area contributed by atoms with Crippen LogP contribution in [0.4, 0.5) is 11.4 Å². The summed E-state index contributed by atoms with van der Waals surface area (Å²) < 4.78 is 11.8. The average Bonchev–Trinajstić information content (AvgIpc) is 3.31. The van der Waals surface area contributed by atoms with Crippen molar-refractivity contribution >= 4 is 78.8 Å². The van der Waals surface area contributed by atoms with Gasteiger partial charge < -0.3 is 9.47 Å². The molecule has 1 aliphatic carbocycles. The number of amides is 4. The molecule has 0 N–H and O–H groups in total. The number of anilines is 2. The Bertz CT molecular complexity index is 1540. The first-order chi connectivity index (χ1) is 18.9. The van der Waals surface area contributed by atoms with Gasteiger partial charge in [-0.2, -0.15) is 0 Å². The molecule has 4 amide bonds. The fourth-order valence-corrected chi connectivity index (χ4v) is 7.51. The number of rotatable bonds is 4. The maximum absolute atomic E-state index is 14.7. The number of carbonyl (C=O) groups excluding carboxylic acids is 6. The fourth-order valence-electron chi connectivity index (χ4n) is 6.49. The van der Waals surface area contributed by atoms with E-state index in [1.54, 1.807) is 44.2 Å². The van der Waals surface area contributed by atoms with Gasteiger partial charge in [0.1, 0.15) is 5.41 Å². The second-order valence-electron chi connectivity index (χ2n) is 9.66. The summed E-state index contributed by atoms with van der Waals surface area (Å²) in [6, 6.07) is 7.98. The Labute approximate surface area is 246 Å². The molecule has 2 aromatic carbocycles. The van der Waals surface area contributed by atoms with Crippen LogP contribution in [-0.2, 0) is 43.7 Å². The van der Waals surface area contributed by atoms with Gasteiger partial charge in [-0.25, -0.2) is 9.80 Å². The molecule has 10 nitrogen and oxygen atoms in total. The lowest BCUT2D eigenvalue weighted by Crippen LogP contribution is -2.59. The minimum Gasteiger partial charge on any atom is -0.466 e. The second-order valence-corrected chi connectivity index (χ2v) is 11.4. The van der Waals surface area contributed by atoms with Crippen LogP contribution < -0.4 is 9.80 Å². The number of fused-ring (bicyclic) bond motifs is 3. The average molecular weight is 676 g/mol. The molecule has 40 heavy (non-hydrogen) atoms. The third-order valence-corrected chi connectivity index (χ3v) is 8.84. The van der Waals surface area contributed by atoms with Crippen molar-refractivity contribution in [1.82, 2.24) is 0 Å². The summed E-state index contributed by atoms with van der Waals surface area (Å²) in [5.74, 6) is -8.98. The van der Waals surface area contributed by atoms with E-state index in [2.05, 4.69) is 31.9 Å². The molecule has 1 spiro atoms. The molecule has 12 heteroatoms. The third kappa shape index (κ3) is 3.58. The van der Waals surface area contributed by atoms with Crippen molar-refractivity contribution in [2.75, 3.05) is 23.0 Å². The van der Waals surface area contributed by atoms with E-state index in [1.165, 1.54) is 13.8 Å². The van der Waals surface area contributed by atoms with Gasteiger partial charge in [0.25, 0.3) is 0 Å². The van der Waals surface area contributed by atoms with E-state index in [4.69, 9.17) is 9.47 Å². The predicted molar refractivity (Wildman–Crippen MR) is 148 cm³/mol. The van der Waals surface area contributed by atoms with Crippen molar-refractivity contribution in [2.24, 2.45) is 11.8 Å². The minimum atomic E-state index is -1.98. The molecule has 0 bridgehead atoms. The molecule has 0 saturated carbocycles. The topological polar surface area (TPSA) is 127 Å². The number of benzene rings is 2. The Morgan fingerprint density at radius 3 is 2.08 bits per heavy atom. The second kappa shape index (κ2) is 9.91. The minimum absolute atomic E-state index is 0.0664. The Morgan fingerprint density at radius 1 is 0.875 bits per heavy atom. The highest BCUT2D eigenvalue weighted by molar-refractivity contribution is 9.10. The number of ether oxygens (including phenoxy) is 2. The SMILES string of the molecule is CCOC(=O)C1C2C(=O)N(C(C)=O)c3ccc(Br)c(c32)C2(C(=O)N(C(C)=O)c3ccc(Br)cc32)C1C(=O)OCC. The van der Waals surface area contributed by atoms with Crippen LogP contribution in [0.25, 0.3) is 0 Å². The van der Waals surface area contributed by atoms with Crippen LogP contribution >= 0.6 is 31.9 Å². The number of carbonyl (C=O) groups is 6. The summed E-state index contributed by atoms with van der Waals surface area (Å²) in [7, 11) is 0. The highest BCUT2D eigenvalue weighted by Crippen LogP contribution is 2.64. The van der Waals surface area contributed by atoms with Crippen LogP contribution in [-0.4, -0.2) is 48.8 Å². The Hall–Kier alpha value is -3.38. The van der Waals surface area contributed by atoms with Gasteiger partial charge in [0.15, 0.2) is 0 Å².